The van der Waals surface area contributed by atoms with Gasteiger partial charge in [0.15, 0.2) is 10.9 Å². The predicted octanol–water partition coefficient (Wildman–Crippen LogP) is 5.09. The van der Waals surface area contributed by atoms with Crippen LogP contribution in [0, 0.1) is 12.7 Å². The van der Waals surface area contributed by atoms with Gasteiger partial charge in [-0.2, -0.15) is 0 Å². The molecule has 132 valence electrons. The Balaban J connectivity index is 1.72. The molecule has 0 saturated heterocycles. The van der Waals surface area contributed by atoms with Crippen LogP contribution in [0.4, 0.5) is 4.39 Å². The van der Waals surface area contributed by atoms with Crippen LogP contribution in [-0.4, -0.2) is 15.9 Å². The van der Waals surface area contributed by atoms with Crippen LogP contribution >= 0.6 is 23.4 Å². The second-order valence-electron chi connectivity index (χ2n) is 5.47. The summed E-state index contributed by atoms with van der Waals surface area (Å²) >= 11 is 7.36. The molecule has 0 aliphatic rings. The quantitative estimate of drug-likeness (QED) is 0.264. The number of halogens is 2. The molecular weight excluding hydrogens is 375 g/mol. The van der Waals surface area contributed by atoms with Crippen molar-refractivity contribution in [1.82, 2.24) is 9.97 Å². The van der Waals surface area contributed by atoms with E-state index in [1.54, 1.807) is 30.3 Å². The van der Waals surface area contributed by atoms with Crippen LogP contribution < -0.4 is 4.74 Å². The Morgan fingerprint density at radius 1 is 1.23 bits per heavy atom. The fourth-order valence-corrected chi connectivity index (χ4v) is 3.07. The molecule has 0 fully saturated rings. The SMILES string of the molecule is Cc1cccc(OC(=O)c2nc(SCc3ccc(F)cc3)ncc2Cl)c1. The van der Waals surface area contributed by atoms with E-state index >= 15 is 0 Å². The molecule has 0 unspecified atom stereocenters. The van der Waals surface area contributed by atoms with Gasteiger partial charge in [0.2, 0.25) is 0 Å². The van der Waals surface area contributed by atoms with Crippen molar-refractivity contribution >= 4 is 29.3 Å². The van der Waals surface area contributed by atoms with Gasteiger partial charge in [-0.15, -0.1) is 0 Å². The average Bonchev–Trinajstić information content (AvgIpc) is 2.62. The van der Waals surface area contributed by atoms with Crippen molar-refractivity contribution in [2.75, 3.05) is 0 Å². The molecule has 1 aromatic heterocycles. The Morgan fingerprint density at radius 2 is 2.00 bits per heavy atom. The van der Waals surface area contributed by atoms with Gasteiger partial charge in [-0.05, 0) is 42.3 Å². The average molecular weight is 389 g/mol. The van der Waals surface area contributed by atoms with Crippen molar-refractivity contribution in [3.8, 4) is 5.75 Å². The third kappa shape index (κ3) is 4.80. The number of hydrogen-bond donors (Lipinski definition) is 0. The molecule has 3 aromatic rings. The fraction of sp³-hybridized carbons (Fsp3) is 0.105. The molecule has 4 nitrogen and oxygen atoms in total. The number of thioether (sulfide) groups is 1. The Morgan fingerprint density at radius 3 is 2.73 bits per heavy atom. The molecule has 0 radical (unpaired) electrons. The van der Waals surface area contributed by atoms with Gasteiger partial charge in [0, 0.05) is 5.75 Å². The van der Waals surface area contributed by atoms with Crippen LogP contribution in [0.15, 0.2) is 59.9 Å². The first kappa shape index (κ1) is 18.4. The number of benzene rings is 2. The molecule has 0 aliphatic carbocycles. The summed E-state index contributed by atoms with van der Waals surface area (Å²) in [6, 6.07) is 13.3. The Bertz CT molecular complexity index is 935. The van der Waals surface area contributed by atoms with Gasteiger partial charge in [0.1, 0.15) is 11.6 Å². The molecule has 7 heteroatoms. The van der Waals surface area contributed by atoms with E-state index in [0.29, 0.717) is 16.7 Å². The topological polar surface area (TPSA) is 52.1 Å². The van der Waals surface area contributed by atoms with E-state index in [4.69, 9.17) is 16.3 Å². The molecular formula is C19H14ClFN2O2S. The molecule has 0 N–H and O–H groups in total. The highest BCUT2D eigenvalue weighted by atomic mass is 35.5. The standard InChI is InChI=1S/C19H14ClFN2O2S/c1-12-3-2-4-15(9-12)25-18(24)17-16(20)10-22-19(23-17)26-11-13-5-7-14(21)8-6-13/h2-10H,11H2,1H3. The summed E-state index contributed by atoms with van der Waals surface area (Å²) in [5.74, 6) is 0.0216. The fourth-order valence-electron chi connectivity index (χ4n) is 2.13. The highest BCUT2D eigenvalue weighted by molar-refractivity contribution is 7.98. The van der Waals surface area contributed by atoms with Gasteiger partial charge in [0.05, 0.1) is 11.2 Å². The Hall–Kier alpha value is -2.44. The first-order valence-corrected chi connectivity index (χ1v) is 9.06. The second kappa shape index (κ2) is 8.29. The van der Waals surface area contributed by atoms with Crippen LogP contribution in [0.3, 0.4) is 0 Å². The third-order valence-electron chi connectivity index (χ3n) is 3.40. The lowest BCUT2D eigenvalue weighted by Gasteiger charge is -2.07. The predicted molar refractivity (Wildman–Crippen MR) is 99.1 cm³/mol. The number of rotatable bonds is 5. The summed E-state index contributed by atoms with van der Waals surface area (Å²) in [7, 11) is 0. The largest absolute Gasteiger partial charge is 0.422 e. The number of aryl methyl sites for hydroxylation is 1. The number of hydrogen-bond acceptors (Lipinski definition) is 5. The van der Waals surface area contributed by atoms with Crippen molar-refractivity contribution in [2.24, 2.45) is 0 Å². The number of carbonyl (C=O) groups is 1. The lowest BCUT2D eigenvalue weighted by atomic mass is 10.2. The molecule has 0 spiro atoms. The number of esters is 1. The zero-order valence-corrected chi connectivity index (χ0v) is 15.4. The Labute approximate surface area is 159 Å². The first-order chi connectivity index (χ1) is 12.5. The van der Waals surface area contributed by atoms with E-state index in [-0.39, 0.29) is 16.5 Å². The monoisotopic (exact) mass is 388 g/mol. The molecule has 3 rings (SSSR count). The molecule has 0 atom stereocenters. The summed E-state index contributed by atoms with van der Waals surface area (Å²) in [5.41, 5.74) is 1.89. The smallest absolute Gasteiger partial charge is 0.364 e. The second-order valence-corrected chi connectivity index (χ2v) is 6.82. The molecule has 0 amide bonds. The maximum absolute atomic E-state index is 12.9. The summed E-state index contributed by atoms with van der Waals surface area (Å²) in [6.45, 7) is 1.90. The van der Waals surface area contributed by atoms with E-state index in [0.717, 1.165) is 11.1 Å². The minimum absolute atomic E-state index is 0.00442. The van der Waals surface area contributed by atoms with Crippen LogP contribution in [-0.2, 0) is 5.75 Å². The molecule has 26 heavy (non-hydrogen) atoms. The van der Waals surface area contributed by atoms with Gasteiger partial charge >= 0.3 is 5.97 Å². The highest BCUT2D eigenvalue weighted by Gasteiger charge is 2.17. The summed E-state index contributed by atoms with van der Waals surface area (Å²) in [6.07, 6.45) is 1.37. The summed E-state index contributed by atoms with van der Waals surface area (Å²) < 4.78 is 18.3. The maximum atomic E-state index is 12.9. The molecule has 0 bridgehead atoms. The number of nitrogens with zero attached hydrogens (tertiary/aromatic N) is 2. The number of aromatic nitrogens is 2. The van der Waals surface area contributed by atoms with E-state index in [1.165, 1.54) is 30.1 Å². The van der Waals surface area contributed by atoms with Crippen LogP contribution in [0.1, 0.15) is 21.6 Å². The van der Waals surface area contributed by atoms with E-state index < -0.39 is 5.97 Å². The lowest BCUT2D eigenvalue weighted by molar-refractivity contribution is 0.0727. The van der Waals surface area contributed by atoms with Crippen molar-refractivity contribution < 1.29 is 13.9 Å². The van der Waals surface area contributed by atoms with Gasteiger partial charge in [-0.25, -0.2) is 19.2 Å². The lowest BCUT2D eigenvalue weighted by Crippen LogP contribution is -2.12. The van der Waals surface area contributed by atoms with Crippen LogP contribution in [0.2, 0.25) is 5.02 Å². The summed E-state index contributed by atoms with van der Waals surface area (Å²) in [5, 5.41) is 0.503. The van der Waals surface area contributed by atoms with Crippen LogP contribution in [0.25, 0.3) is 0 Å². The minimum atomic E-state index is -0.647. The molecule has 2 aromatic carbocycles. The van der Waals surface area contributed by atoms with E-state index in [9.17, 15) is 9.18 Å². The summed E-state index contributed by atoms with van der Waals surface area (Å²) in [4.78, 5) is 20.7. The van der Waals surface area contributed by atoms with Gasteiger partial charge < -0.3 is 4.74 Å². The van der Waals surface area contributed by atoms with Gasteiger partial charge in [-0.3, -0.25) is 0 Å². The normalized spacial score (nSPS) is 10.6. The highest BCUT2D eigenvalue weighted by Crippen LogP contribution is 2.23. The molecule has 0 saturated carbocycles. The number of carbonyl (C=O) groups excluding carboxylic acids is 1. The van der Waals surface area contributed by atoms with Crippen molar-refractivity contribution in [1.29, 1.82) is 0 Å². The van der Waals surface area contributed by atoms with Crippen molar-refractivity contribution in [3.63, 3.8) is 0 Å². The zero-order chi connectivity index (χ0) is 18.5. The van der Waals surface area contributed by atoms with Crippen LogP contribution in [0.5, 0.6) is 5.75 Å². The number of ether oxygens (including phenoxy) is 1. The first-order valence-electron chi connectivity index (χ1n) is 7.70. The Kier molecular flexibility index (Phi) is 5.85. The van der Waals surface area contributed by atoms with E-state index in [2.05, 4.69) is 9.97 Å². The van der Waals surface area contributed by atoms with Crippen molar-refractivity contribution in [3.05, 3.63) is 82.4 Å². The zero-order valence-electron chi connectivity index (χ0n) is 13.8. The molecule has 0 aliphatic heterocycles. The van der Waals surface area contributed by atoms with E-state index in [1.807, 2.05) is 13.0 Å². The molecule has 1 heterocycles. The third-order valence-corrected chi connectivity index (χ3v) is 4.61. The van der Waals surface area contributed by atoms with Crippen molar-refractivity contribution in [2.45, 2.75) is 17.8 Å². The maximum Gasteiger partial charge on any atom is 0.364 e. The minimum Gasteiger partial charge on any atom is -0.422 e. The van der Waals surface area contributed by atoms with Gasteiger partial charge in [-0.1, -0.05) is 47.6 Å². The van der Waals surface area contributed by atoms with Gasteiger partial charge in [0.25, 0.3) is 0 Å².